The van der Waals surface area contributed by atoms with Gasteiger partial charge in [0, 0.05) is 18.6 Å². The van der Waals surface area contributed by atoms with Crippen LogP contribution in [-0.2, 0) is 7.05 Å². The second-order valence-electron chi connectivity index (χ2n) is 2.87. The molecular formula is C15H28N2. The van der Waals surface area contributed by atoms with Crippen LogP contribution >= 0.6 is 0 Å². The van der Waals surface area contributed by atoms with Crippen LogP contribution in [0.15, 0.2) is 24.4 Å². The zero-order valence-electron chi connectivity index (χ0n) is 12.7. The van der Waals surface area contributed by atoms with E-state index in [1.807, 2.05) is 65.5 Å². The Kier molecular flexibility index (Phi) is 11.9. The van der Waals surface area contributed by atoms with Crippen molar-refractivity contribution < 1.29 is 0 Å². The van der Waals surface area contributed by atoms with E-state index in [9.17, 15) is 0 Å². The number of aromatic nitrogens is 2. The first-order chi connectivity index (χ1) is 8.25. The van der Waals surface area contributed by atoms with E-state index in [4.69, 9.17) is 0 Å². The summed E-state index contributed by atoms with van der Waals surface area (Å²) in [6.07, 6.45) is 2.03. The largest absolute Gasteiger partial charge is 0.275 e. The van der Waals surface area contributed by atoms with Crippen molar-refractivity contribution in [1.29, 1.82) is 0 Å². The van der Waals surface area contributed by atoms with E-state index < -0.39 is 0 Å². The predicted octanol–water partition coefficient (Wildman–Crippen LogP) is 4.96. The molecule has 2 aromatic rings. The Hall–Kier alpha value is -1.31. The van der Waals surface area contributed by atoms with Crippen molar-refractivity contribution >= 4 is 10.9 Å². The monoisotopic (exact) mass is 236 g/mol. The van der Waals surface area contributed by atoms with Gasteiger partial charge in [-0.2, -0.15) is 5.10 Å². The number of nitrogens with zero attached hydrogens (tertiary/aromatic N) is 2. The zero-order valence-corrected chi connectivity index (χ0v) is 12.7. The normalized spacial score (nSPS) is 8.00. The molecule has 0 unspecified atom stereocenters. The fourth-order valence-electron chi connectivity index (χ4n) is 1.27. The topological polar surface area (TPSA) is 17.8 Å². The van der Waals surface area contributed by atoms with Crippen LogP contribution in [0.25, 0.3) is 10.9 Å². The maximum Gasteiger partial charge on any atom is 0.0923 e. The van der Waals surface area contributed by atoms with Crippen LogP contribution in [0.1, 0.15) is 47.1 Å². The van der Waals surface area contributed by atoms with Gasteiger partial charge in [-0.15, -0.1) is 0 Å². The minimum Gasteiger partial charge on any atom is -0.275 e. The Bertz CT molecular complexity index is 389. The Labute approximate surface area is 107 Å². The summed E-state index contributed by atoms with van der Waals surface area (Å²) in [5.41, 5.74) is 2.35. The lowest BCUT2D eigenvalue weighted by Gasteiger charge is -1.88. The molecule has 1 heterocycles. The van der Waals surface area contributed by atoms with Crippen LogP contribution in [0.3, 0.4) is 0 Å². The summed E-state index contributed by atoms with van der Waals surface area (Å²) in [6.45, 7) is 14.1. The Morgan fingerprint density at radius 3 is 2.00 bits per heavy atom. The lowest BCUT2D eigenvalue weighted by Crippen LogP contribution is -1.84. The minimum absolute atomic E-state index is 1.07. The molecule has 2 heteroatoms. The van der Waals surface area contributed by atoms with Crippen molar-refractivity contribution in [2.45, 2.75) is 48.5 Å². The van der Waals surface area contributed by atoms with Crippen molar-refractivity contribution in [3.63, 3.8) is 0 Å². The fraction of sp³-hybridized carbons (Fsp3) is 0.533. The van der Waals surface area contributed by atoms with Crippen molar-refractivity contribution in [2.75, 3.05) is 0 Å². The smallest absolute Gasteiger partial charge is 0.0923 e. The molecule has 0 aliphatic carbocycles. The maximum absolute atomic E-state index is 4.27. The number of fused-ring (bicyclic) bond motifs is 1. The number of hydrogen-bond donors (Lipinski definition) is 0. The molecule has 0 saturated carbocycles. The van der Waals surface area contributed by atoms with E-state index >= 15 is 0 Å². The van der Waals surface area contributed by atoms with E-state index in [0.29, 0.717) is 0 Å². The van der Waals surface area contributed by atoms with Crippen LogP contribution in [0.2, 0.25) is 0 Å². The summed E-state index contributed by atoms with van der Waals surface area (Å²) < 4.78 is 1.84. The van der Waals surface area contributed by atoms with Crippen molar-refractivity contribution in [1.82, 2.24) is 9.78 Å². The van der Waals surface area contributed by atoms with Crippen molar-refractivity contribution in [3.05, 3.63) is 30.0 Å². The van der Waals surface area contributed by atoms with E-state index in [2.05, 4.69) is 24.2 Å². The van der Waals surface area contributed by atoms with Crippen molar-refractivity contribution in [2.24, 2.45) is 7.05 Å². The molecule has 0 saturated heterocycles. The SMILES string of the molecule is CC.CC.CC.Cc1ccc2nn(C)cc2c1. The maximum atomic E-state index is 4.27. The number of aryl methyl sites for hydroxylation is 2. The Morgan fingerprint density at radius 1 is 0.941 bits per heavy atom. The highest BCUT2D eigenvalue weighted by molar-refractivity contribution is 5.78. The first-order valence-electron chi connectivity index (χ1n) is 6.66. The summed E-state index contributed by atoms with van der Waals surface area (Å²) in [4.78, 5) is 0. The molecule has 0 amide bonds. The summed E-state index contributed by atoms with van der Waals surface area (Å²) in [5.74, 6) is 0. The molecule has 2 nitrogen and oxygen atoms in total. The molecule has 0 radical (unpaired) electrons. The zero-order chi connectivity index (χ0) is 13.8. The molecular weight excluding hydrogens is 208 g/mol. The standard InChI is InChI=1S/C9H10N2.3C2H6/c1-7-3-4-9-8(5-7)6-11(2)10-9;3*1-2/h3-6H,1-2H3;3*1-2H3. The van der Waals surface area contributed by atoms with Gasteiger partial charge in [0.2, 0.25) is 0 Å². The predicted molar refractivity (Wildman–Crippen MR) is 79.5 cm³/mol. The summed E-state index contributed by atoms with van der Waals surface area (Å²) in [7, 11) is 1.94. The Balaban J connectivity index is 0. The molecule has 0 spiro atoms. The van der Waals surface area contributed by atoms with E-state index in [-0.39, 0.29) is 0 Å². The molecule has 2 rings (SSSR count). The number of rotatable bonds is 0. The average molecular weight is 236 g/mol. The summed E-state index contributed by atoms with van der Waals surface area (Å²) >= 11 is 0. The highest BCUT2D eigenvalue weighted by Gasteiger charge is 1.95. The molecule has 98 valence electrons. The van der Waals surface area contributed by atoms with Crippen LogP contribution in [0.4, 0.5) is 0 Å². The van der Waals surface area contributed by atoms with Gasteiger partial charge in [-0.05, 0) is 19.1 Å². The second-order valence-corrected chi connectivity index (χ2v) is 2.87. The average Bonchev–Trinajstić information content (AvgIpc) is 2.76. The summed E-state index contributed by atoms with van der Waals surface area (Å²) in [6, 6.07) is 6.27. The highest BCUT2D eigenvalue weighted by Crippen LogP contribution is 2.12. The highest BCUT2D eigenvalue weighted by atomic mass is 15.2. The molecule has 1 aromatic carbocycles. The minimum atomic E-state index is 1.07. The third-order valence-electron chi connectivity index (χ3n) is 1.77. The molecule has 1 aromatic heterocycles. The van der Waals surface area contributed by atoms with Gasteiger partial charge in [-0.3, -0.25) is 4.68 Å². The van der Waals surface area contributed by atoms with Crippen LogP contribution in [0.5, 0.6) is 0 Å². The molecule has 0 aliphatic heterocycles. The summed E-state index contributed by atoms with van der Waals surface area (Å²) in [5, 5.41) is 5.49. The van der Waals surface area contributed by atoms with E-state index in [1.165, 1.54) is 10.9 Å². The molecule has 0 atom stereocenters. The molecule has 0 N–H and O–H groups in total. The van der Waals surface area contributed by atoms with Gasteiger partial charge in [-0.1, -0.05) is 53.2 Å². The van der Waals surface area contributed by atoms with Gasteiger partial charge in [0.05, 0.1) is 5.52 Å². The van der Waals surface area contributed by atoms with Crippen LogP contribution < -0.4 is 0 Å². The first kappa shape index (κ1) is 18.1. The third-order valence-corrected chi connectivity index (χ3v) is 1.77. The van der Waals surface area contributed by atoms with E-state index in [1.54, 1.807) is 0 Å². The van der Waals surface area contributed by atoms with Gasteiger partial charge in [-0.25, -0.2) is 0 Å². The quantitative estimate of drug-likeness (QED) is 0.632. The van der Waals surface area contributed by atoms with Crippen LogP contribution in [-0.4, -0.2) is 9.78 Å². The molecule has 17 heavy (non-hydrogen) atoms. The molecule has 0 aliphatic rings. The van der Waals surface area contributed by atoms with Gasteiger partial charge in [0.15, 0.2) is 0 Å². The fourth-order valence-corrected chi connectivity index (χ4v) is 1.27. The lowest BCUT2D eigenvalue weighted by molar-refractivity contribution is 0.780. The second kappa shape index (κ2) is 11.2. The molecule has 0 fully saturated rings. The van der Waals surface area contributed by atoms with Gasteiger partial charge >= 0.3 is 0 Å². The van der Waals surface area contributed by atoms with Gasteiger partial charge in [0.1, 0.15) is 0 Å². The number of benzene rings is 1. The first-order valence-corrected chi connectivity index (χ1v) is 6.66. The Morgan fingerprint density at radius 2 is 1.47 bits per heavy atom. The van der Waals surface area contributed by atoms with Gasteiger partial charge < -0.3 is 0 Å². The van der Waals surface area contributed by atoms with E-state index in [0.717, 1.165) is 5.52 Å². The number of hydrogen-bond acceptors (Lipinski definition) is 1. The third kappa shape index (κ3) is 6.10. The van der Waals surface area contributed by atoms with Crippen LogP contribution in [0, 0.1) is 6.92 Å². The van der Waals surface area contributed by atoms with Crippen molar-refractivity contribution in [3.8, 4) is 0 Å². The molecule has 0 bridgehead atoms. The van der Waals surface area contributed by atoms with Gasteiger partial charge in [0.25, 0.3) is 0 Å². The lowest BCUT2D eigenvalue weighted by atomic mass is 10.2.